The monoisotopic (exact) mass is 652 g/mol. The average molecular weight is 653 g/mol. The number of nitrogens with zero attached hydrogens (tertiary/aromatic N) is 6. The largest absolute Gasteiger partial charge is 0.497 e. The number of methoxy groups -OCH3 is 2. The van der Waals surface area contributed by atoms with Crippen LogP contribution < -0.4 is 14.4 Å². The van der Waals surface area contributed by atoms with Crippen LogP contribution in [0.15, 0.2) is 91.1 Å². The van der Waals surface area contributed by atoms with Gasteiger partial charge >= 0.3 is 0 Å². The van der Waals surface area contributed by atoms with Gasteiger partial charge in [0.15, 0.2) is 17.3 Å². The molecule has 0 bridgehead atoms. The molecular formula is C35H27ClF2N6O3. The van der Waals surface area contributed by atoms with Crippen molar-refractivity contribution < 1.29 is 23.4 Å². The summed E-state index contributed by atoms with van der Waals surface area (Å²) >= 11 is 6.26. The maximum absolute atomic E-state index is 15.5. The van der Waals surface area contributed by atoms with Crippen molar-refractivity contribution in [3.63, 3.8) is 0 Å². The summed E-state index contributed by atoms with van der Waals surface area (Å²) < 4.78 is 42.4. The molecule has 236 valence electrons. The summed E-state index contributed by atoms with van der Waals surface area (Å²) in [5, 5.41) is 25.2. The van der Waals surface area contributed by atoms with E-state index in [0.717, 1.165) is 11.1 Å². The van der Waals surface area contributed by atoms with Crippen LogP contribution in [0.5, 0.6) is 11.5 Å². The molecule has 2 aromatic heterocycles. The van der Waals surface area contributed by atoms with Gasteiger partial charge < -0.3 is 19.5 Å². The van der Waals surface area contributed by atoms with Crippen molar-refractivity contribution >= 4 is 23.1 Å². The van der Waals surface area contributed by atoms with Gasteiger partial charge in [0.1, 0.15) is 35.3 Å². The molecule has 12 heteroatoms. The van der Waals surface area contributed by atoms with Gasteiger partial charge in [0.25, 0.3) is 0 Å². The van der Waals surface area contributed by atoms with Gasteiger partial charge in [-0.2, -0.15) is 5.26 Å². The topological polar surface area (TPSA) is 109 Å². The van der Waals surface area contributed by atoms with Gasteiger partial charge in [0, 0.05) is 29.2 Å². The smallest absolute Gasteiger partial charge is 0.198 e. The van der Waals surface area contributed by atoms with Gasteiger partial charge in [-0.05, 0) is 59.7 Å². The van der Waals surface area contributed by atoms with Crippen LogP contribution >= 0.6 is 11.6 Å². The zero-order valence-corrected chi connectivity index (χ0v) is 26.0. The normalized spacial score (nSPS) is 11.7. The van der Waals surface area contributed by atoms with E-state index in [2.05, 4.69) is 10.1 Å². The Morgan fingerprint density at radius 2 is 1.51 bits per heavy atom. The summed E-state index contributed by atoms with van der Waals surface area (Å²) in [6, 6.07) is 25.4. The van der Waals surface area contributed by atoms with Crippen LogP contribution in [-0.2, 0) is 13.1 Å². The molecule has 0 fully saturated rings. The summed E-state index contributed by atoms with van der Waals surface area (Å²) in [6.07, 6.45) is -0.168. The van der Waals surface area contributed by atoms with Crippen LogP contribution in [0.2, 0.25) is 5.02 Å². The highest BCUT2D eigenvalue weighted by Crippen LogP contribution is 2.33. The standard InChI is InChI=1S/C35H27ClF2N6O3/c1-46-24-13-9-21(10-14-24)18-43(19-22-11-15-25(47-2)16-12-22)34-35-41-33(32(45)30-27(36)7-4-8-28(30)37)42-44(35)20-29(40-34)26-6-3-5-23(17-39)31(26)38/h3-16,20,32,45H,18-19H2,1-2H3. The highest BCUT2D eigenvalue weighted by Gasteiger charge is 2.26. The Balaban J connectivity index is 1.55. The highest BCUT2D eigenvalue weighted by molar-refractivity contribution is 6.31. The SMILES string of the molecule is COc1ccc(CN(Cc2ccc(OC)cc2)c2nc(-c3cccc(C#N)c3F)cn3nc(C(O)c4c(F)cccc4Cl)nc23)cc1. The molecule has 0 saturated heterocycles. The van der Waals surface area contributed by atoms with E-state index in [-0.39, 0.29) is 38.9 Å². The van der Waals surface area contributed by atoms with Gasteiger partial charge in [-0.3, -0.25) is 0 Å². The van der Waals surface area contributed by atoms with Crippen LogP contribution in [0.25, 0.3) is 16.9 Å². The van der Waals surface area contributed by atoms with Crippen molar-refractivity contribution in [3.8, 4) is 28.8 Å². The number of aliphatic hydroxyl groups is 1. The van der Waals surface area contributed by atoms with E-state index in [9.17, 15) is 14.8 Å². The summed E-state index contributed by atoms with van der Waals surface area (Å²) in [7, 11) is 3.17. The predicted octanol–water partition coefficient (Wildman–Crippen LogP) is 6.90. The highest BCUT2D eigenvalue weighted by atomic mass is 35.5. The van der Waals surface area contributed by atoms with Crippen molar-refractivity contribution in [1.82, 2.24) is 19.6 Å². The molecule has 0 radical (unpaired) electrons. The maximum atomic E-state index is 15.5. The first-order valence-electron chi connectivity index (χ1n) is 14.4. The molecule has 9 nitrogen and oxygen atoms in total. The van der Waals surface area contributed by atoms with Crippen molar-refractivity contribution in [2.24, 2.45) is 0 Å². The minimum atomic E-state index is -1.62. The predicted molar refractivity (Wildman–Crippen MR) is 172 cm³/mol. The van der Waals surface area contributed by atoms with Gasteiger partial charge in [-0.25, -0.2) is 23.3 Å². The first kappa shape index (κ1) is 31.4. The number of rotatable bonds is 10. The number of aliphatic hydroxyl groups excluding tert-OH is 1. The van der Waals surface area contributed by atoms with Crippen LogP contribution in [-0.4, -0.2) is 38.9 Å². The number of hydrogen-bond acceptors (Lipinski definition) is 8. The number of ether oxygens (including phenoxy) is 2. The summed E-state index contributed by atoms with van der Waals surface area (Å²) in [5.41, 5.74) is 1.92. The van der Waals surface area contributed by atoms with Crippen LogP contribution in [0, 0.1) is 23.0 Å². The minimum Gasteiger partial charge on any atom is -0.497 e. The Bertz CT molecular complexity index is 2030. The molecule has 4 aromatic carbocycles. The van der Waals surface area contributed by atoms with Crippen molar-refractivity contribution in [1.29, 1.82) is 5.26 Å². The Morgan fingerprint density at radius 3 is 2.09 bits per heavy atom. The van der Waals surface area contributed by atoms with E-state index in [1.165, 1.54) is 41.0 Å². The lowest BCUT2D eigenvalue weighted by Gasteiger charge is -2.25. The van der Waals surface area contributed by atoms with E-state index < -0.39 is 17.7 Å². The van der Waals surface area contributed by atoms with Crippen LogP contribution in [0.4, 0.5) is 14.6 Å². The quantitative estimate of drug-likeness (QED) is 0.170. The number of hydrogen-bond donors (Lipinski definition) is 1. The van der Waals surface area contributed by atoms with Gasteiger partial charge in [-0.15, -0.1) is 5.10 Å². The lowest BCUT2D eigenvalue weighted by atomic mass is 10.1. The molecule has 0 saturated carbocycles. The minimum absolute atomic E-state index is 0.00595. The molecule has 0 aliphatic carbocycles. The number of benzene rings is 4. The zero-order valence-electron chi connectivity index (χ0n) is 25.2. The van der Waals surface area contributed by atoms with Crippen molar-refractivity contribution in [3.05, 3.63) is 136 Å². The van der Waals surface area contributed by atoms with Crippen molar-refractivity contribution in [2.45, 2.75) is 19.2 Å². The third-order valence-corrected chi connectivity index (χ3v) is 7.93. The lowest BCUT2D eigenvalue weighted by Crippen LogP contribution is -2.24. The third kappa shape index (κ3) is 6.42. The molecule has 0 aliphatic heterocycles. The first-order chi connectivity index (χ1) is 22.8. The van der Waals surface area contributed by atoms with Gasteiger partial charge in [0.2, 0.25) is 0 Å². The fourth-order valence-corrected chi connectivity index (χ4v) is 5.44. The summed E-state index contributed by atoms with van der Waals surface area (Å²) in [6.45, 7) is 0.652. The third-order valence-electron chi connectivity index (χ3n) is 7.60. The number of nitriles is 1. The molecule has 0 spiro atoms. The number of fused-ring (bicyclic) bond motifs is 1. The number of aromatic nitrogens is 4. The molecule has 6 aromatic rings. The average Bonchev–Trinajstić information content (AvgIpc) is 3.53. The van der Waals surface area contributed by atoms with Crippen LogP contribution in [0.1, 0.15) is 34.2 Å². The Hall–Kier alpha value is -5.57. The van der Waals surface area contributed by atoms with E-state index in [0.29, 0.717) is 30.4 Å². The van der Waals surface area contributed by atoms with E-state index in [1.807, 2.05) is 59.5 Å². The zero-order chi connectivity index (χ0) is 33.1. The fourth-order valence-electron chi connectivity index (χ4n) is 5.17. The summed E-state index contributed by atoms with van der Waals surface area (Å²) in [4.78, 5) is 11.4. The second kappa shape index (κ2) is 13.4. The van der Waals surface area contributed by atoms with E-state index >= 15 is 4.39 Å². The van der Waals surface area contributed by atoms with Gasteiger partial charge in [0.05, 0.1) is 31.7 Å². The molecule has 0 aliphatic rings. The number of halogens is 3. The Labute approximate surface area is 273 Å². The lowest BCUT2D eigenvalue weighted by molar-refractivity contribution is 0.205. The van der Waals surface area contributed by atoms with Gasteiger partial charge in [-0.1, -0.05) is 48.0 Å². The molecule has 2 heterocycles. The maximum Gasteiger partial charge on any atom is 0.198 e. The van der Waals surface area contributed by atoms with E-state index in [4.69, 9.17) is 26.1 Å². The fraction of sp³-hybridized carbons (Fsp3) is 0.143. The number of anilines is 1. The molecule has 1 N–H and O–H groups in total. The molecule has 0 amide bonds. The van der Waals surface area contributed by atoms with E-state index in [1.54, 1.807) is 20.3 Å². The molecule has 47 heavy (non-hydrogen) atoms. The summed E-state index contributed by atoms with van der Waals surface area (Å²) in [5.74, 6) is 0.0586. The van der Waals surface area contributed by atoms with Crippen molar-refractivity contribution in [2.75, 3.05) is 19.1 Å². The Morgan fingerprint density at radius 1 is 0.894 bits per heavy atom. The second-order valence-electron chi connectivity index (χ2n) is 10.6. The van der Waals surface area contributed by atoms with Crippen LogP contribution in [0.3, 0.4) is 0 Å². The molecule has 1 atom stereocenters. The molecular weight excluding hydrogens is 626 g/mol. The first-order valence-corrected chi connectivity index (χ1v) is 14.8. The Kier molecular flexibility index (Phi) is 8.97. The molecule has 6 rings (SSSR count). The second-order valence-corrected chi connectivity index (χ2v) is 11.0. The molecule has 1 unspecified atom stereocenters.